The van der Waals surface area contributed by atoms with Gasteiger partial charge in [0.25, 0.3) is 0 Å². The molecule has 0 radical (unpaired) electrons. The van der Waals surface area contributed by atoms with E-state index in [1.54, 1.807) is 0 Å². The highest BCUT2D eigenvalue weighted by molar-refractivity contribution is 7.80. The Hall–Kier alpha value is -0.870. The fraction of sp³-hybridized carbons (Fsp3) is 0.583. The predicted octanol–water partition coefficient (Wildman–Crippen LogP) is 2.46. The minimum absolute atomic E-state index is 0.0431. The summed E-state index contributed by atoms with van der Waals surface area (Å²) in [6.07, 6.45) is 4.27. The molecule has 1 aromatic rings. The molecule has 3 N–H and O–H groups in total. The number of hydrogen-bond acceptors (Lipinski definition) is 2. The topological polar surface area (TPSA) is 45.0 Å². The normalized spacial score (nSPS) is 12.9. The van der Waals surface area contributed by atoms with Crippen molar-refractivity contribution in [2.24, 2.45) is 5.73 Å². The monoisotopic (exact) mass is 239 g/mol. The van der Waals surface area contributed by atoms with Gasteiger partial charge in [0.2, 0.25) is 0 Å². The van der Waals surface area contributed by atoms with Crippen molar-refractivity contribution < 1.29 is 0 Å². The van der Waals surface area contributed by atoms with E-state index < -0.39 is 0 Å². The predicted molar refractivity (Wildman–Crippen MR) is 72.5 cm³/mol. The number of unbranched alkanes of at least 4 members (excludes halogenated alkanes) is 1. The van der Waals surface area contributed by atoms with E-state index >= 15 is 0 Å². The van der Waals surface area contributed by atoms with Gasteiger partial charge in [-0.1, -0.05) is 32.5 Å². The van der Waals surface area contributed by atoms with Crippen LogP contribution in [-0.4, -0.2) is 28.0 Å². The molecule has 16 heavy (non-hydrogen) atoms. The van der Waals surface area contributed by atoms with E-state index in [0.717, 1.165) is 18.8 Å². The Labute approximate surface area is 103 Å². The highest BCUT2D eigenvalue weighted by Gasteiger charge is 2.21. The van der Waals surface area contributed by atoms with Gasteiger partial charge in [0.1, 0.15) is 6.04 Å². The zero-order chi connectivity index (χ0) is 12.0. The van der Waals surface area contributed by atoms with Gasteiger partial charge in [-0.25, -0.2) is 0 Å². The number of hydrogen-bond donors (Lipinski definition) is 2. The third-order valence-corrected chi connectivity index (χ3v) is 2.98. The van der Waals surface area contributed by atoms with Gasteiger partial charge < -0.3 is 10.7 Å². The summed E-state index contributed by atoms with van der Waals surface area (Å²) >= 11 is 5.17. The van der Waals surface area contributed by atoms with Crippen LogP contribution in [0.3, 0.4) is 0 Å². The fourth-order valence-electron chi connectivity index (χ4n) is 1.88. The number of thiocarbonyl (C=S) groups is 1. The quantitative estimate of drug-likeness (QED) is 0.718. The van der Waals surface area contributed by atoms with E-state index in [1.165, 1.54) is 12.8 Å². The lowest BCUT2D eigenvalue weighted by atomic mass is 10.1. The number of aromatic amines is 1. The van der Waals surface area contributed by atoms with Gasteiger partial charge in [-0.2, -0.15) is 0 Å². The molecule has 0 bridgehead atoms. The molecule has 0 aliphatic rings. The highest BCUT2D eigenvalue weighted by atomic mass is 32.1. The van der Waals surface area contributed by atoms with Gasteiger partial charge in [-0.15, -0.1) is 0 Å². The largest absolute Gasteiger partial charge is 0.392 e. The molecule has 0 saturated carbocycles. The maximum atomic E-state index is 5.85. The minimum Gasteiger partial charge on any atom is -0.392 e. The number of nitrogens with two attached hydrogens (primary N) is 1. The van der Waals surface area contributed by atoms with Crippen molar-refractivity contribution in [3.63, 3.8) is 0 Å². The van der Waals surface area contributed by atoms with E-state index in [4.69, 9.17) is 18.0 Å². The average molecular weight is 239 g/mol. The molecule has 90 valence electrons. The first-order valence-electron chi connectivity index (χ1n) is 5.87. The summed E-state index contributed by atoms with van der Waals surface area (Å²) in [6, 6.07) is 4.06. The Morgan fingerprint density at radius 2 is 2.31 bits per heavy atom. The number of nitrogens with zero attached hydrogens (tertiary/aromatic N) is 1. The second kappa shape index (κ2) is 6.66. The molecule has 0 amide bonds. The molecule has 3 nitrogen and oxygen atoms in total. The van der Waals surface area contributed by atoms with Crippen LogP contribution in [0.25, 0.3) is 0 Å². The number of H-pyrrole nitrogens is 1. The second-order valence-electron chi connectivity index (χ2n) is 3.91. The van der Waals surface area contributed by atoms with E-state index in [-0.39, 0.29) is 6.04 Å². The lowest BCUT2D eigenvalue weighted by Gasteiger charge is -2.29. The number of aromatic nitrogens is 1. The molecule has 1 atom stereocenters. The van der Waals surface area contributed by atoms with Crippen molar-refractivity contribution in [3.05, 3.63) is 24.0 Å². The van der Waals surface area contributed by atoms with Crippen molar-refractivity contribution in [1.82, 2.24) is 9.88 Å². The Bertz CT molecular complexity index is 308. The smallest absolute Gasteiger partial charge is 0.101 e. The first-order chi connectivity index (χ1) is 7.70. The lowest BCUT2D eigenvalue weighted by molar-refractivity contribution is 0.250. The molecule has 4 heteroatoms. The van der Waals surface area contributed by atoms with Crippen molar-refractivity contribution in [3.8, 4) is 0 Å². The van der Waals surface area contributed by atoms with Gasteiger partial charge >= 0.3 is 0 Å². The van der Waals surface area contributed by atoms with E-state index in [0.29, 0.717) is 4.99 Å². The lowest BCUT2D eigenvalue weighted by Crippen LogP contribution is -2.37. The van der Waals surface area contributed by atoms with Crippen molar-refractivity contribution in [1.29, 1.82) is 0 Å². The van der Waals surface area contributed by atoms with Crippen LogP contribution < -0.4 is 5.73 Å². The fourth-order valence-corrected chi connectivity index (χ4v) is 2.15. The molecule has 0 spiro atoms. The SMILES string of the molecule is CCCCN(CC)C(C(N)=S)c1ccc[nH]1. The maximum Gasteiger partial charge on any atom is 0.101 e. The second-order valence-corrected chi connectivity index (χ2v) is 4.38. The van der Waals surface area contributed by atoms with Crippen molar-refractivity contribution >= 4 is 17.2 Å². The summed E-state index contributed by atoms with van der Waals surface area (Å²) in [5.41, 5.74) is 6.93. The molecule has 1 heterocycles. The van der Waals surface area contributed by atoms with Crippen LogP contribution in [0.15, 0.2) is 18.3 Å². The van der Waals surface area contributed by atoms with Crippen LogP contribution in [0.4, 0.5) is 0 Å². The highest BCUT2D eigenvalue weighted by Crippen LogP contribution is 2.19. The summed E-state index contributed by atoms with van der Waals surface area (Å²) in [4.78, 5) is 6.06. The summed E-state index contributed by atoms with van der Waals surface area (Å²) in [7, 11) is 0. The van der Waals surface area contributed by atoms with E-state index in [9.17, 15) is 0 Å². The van der Waals surface area contributed by atoms with Crippen LogP contribution in [0, 0.1) is 0 Å². The molecular weight excluding hydrogens is 218 g/mol. The van der Waals surface area contributed by atoms with Crippen LogP contribution in [-0.2, 0) is 0 Å². The van der Waals surface area contributed by atoms with Crippen LogP contribution in [0.5, 0.6) is 0 Å². The zero-order valence-electron chi connectivity index (χ0n) is 10.1. The van der Waals surface area contributed by atoms with Gasteiger partial charge in [0.15, 0.2) is 0 Å². The Morgan fingerprint density at radius 1 is 1.56 bits per heavy atom. The zero-order valence-corrected chi connectivity index (χ0v) is 10.9. The van der Waals surface area contributed by atoms with Crippen LogP contribution >= 0.6 is 12.2 Å². The summed E-state index contributed by atoms with van der Waals surface area (Å²) < 4.78 is 0. The van der Waals surface area contributed by atoms with E-state index in [2.05, 4.69) is 23.7 Å². The average Bonchev–Trinajstić information content (AvgIpc) is 2.76. The van der Waals surface area contributed by atoms with Crippen LogP contribution in [0.2, 0.25) is 0 Å². The minimum atomic E-state index is 0.0431. The molecule has 0 fully saturated rings. The molecular formula is C12H21N3S. The summed E-state index contributed by atoms with van der Waals surface area (Å²) in [5.74, 6) is 0. The number of rotatable bonds is 7. The van der Waals surface area contributed by atoms with E-state index in [1.807, 2.05) is 18.3 Å². The third kappa shape index (κ3) is 3.32. The van der Waals surface area contributed by atoms with Gasteiger partial charge in [0.05, 0.1) is 4.99 Å². The number of nitrogens with one attached hydrogen (secondary N) is 1. The van der Waals surface area contributed by atoms with Gasteiger partial charge in [-0.3, -0.25) is 4.90 Å². The molecule has 1 unspecified atom stereocenters. The first-order valence-corrected chi connectivity index (χ1v) is 6.28. The molecule has 0 aromatic carbocycles. The Balaban J connectivity index is 2.79. The molecule has 0 aliphatic heterocycles. The Morgan fingerprint density at radius 3 is 2.75 bits per heavy atom. The standard InChI is InChI=1S/C12H21N3S/c1-3-5-9-15(4-2)11(12(13)16)10-7-6-8-14-10/h6-8,11,14H,3-5,9H2,1-2H3,(H2,13,16). The van der Waals surface area contributed by atoms with Gasteiger partial charge in [0, 0.05) is 11.9 Å². The maximum absolute atomic E-state index is 5.85. The Kier molecular flexibility index (Phi) is 5.49. The van der Waals surface area contributed by atoms with Gasteiger partial charge in [-0.05, 0) is 31.6 Å². The molecule has 1 aromatic heterocycles. The van der Waals surface area contributed by atoms with Crippen LogP contribution in [0.1, 0.15) is 38.4 Å². The third-order valence-electron chi connectivity index (χ3n) is 2.76. The summed E-state index contributed by atoms with van der Waals surface area (Å²) in [5, 5.41) is 0. The van der Waals surface area contributed by atoms with Crippen molar-refractivity contribution in [2.75, 3.05) is 13.1 Å². The summed E-state index contributed by atoms with van der Waals surface area (Å²) in [6.45, 7) is 6.33. The van der Waals surface area contributed by atoms with Crippen molar-refractivity contribution in [2.45, 2.75) is 32.7 Å². The molecule has 1 rings (SSSR count). The number of likely N-dealkylation sites (N-methyl/N-ethyl adjacent to an activating group) is 1. The molecule has 0 saturated heterocycles. The molecule has 0 aliphatic carbocycles. The first kappa shape index (κ1) is 13.2.